The maximum atomic E-state index is 11.5. The molecule has 3 rings (SSSR count). The molecule has 1 aliphatic rings. The van der Waals surface area contributed by atoms with E-state index in [1.165, 1.54) is 36.0 Å². The summed E-state index contributed by atoms with van der Waals surface area (Å²) in [6, 6.07) is 13.3. The molecule has 2 aromatic carbocycles. The van der Waals surface area contributed by atoms with Crippen molar-refractivity contribution in [3.63, 3.8) is 0 Å². The predicted molar refractivity (Wildman–Crippen MR) is 124 cm³/mol. The Bertz CT molecular complexity index is 848. The van der Waals surface area contributed by atoms with Crippen LogP contribution in [0.5, 0.6) is 5.75 Å². The highest BCUT2D eigenvalue weighted by atomic mass is 16.3. The first-order valence-corrected chi connectivity index (χ1v) is 11.2. The number of benzene rings is 2. The van der Waals surface area contributed by atoms with Crippen LogP contribution in [0.15, 0.2) is 36.4 Å². The van der Waals surface area contributed by atoms with Gasteiger partial charge >= 0.3 is 0 Å². The zero-order chi connectivity index (χ0) is 21.4. The molecule has 29 heavy (non-hydrogen) atoms. The van der Waals surface area contributed by atoms with Gasteiger partial charge in [-0.1, -0.05) is 78.3 Å². The number of aryl methyl sites for hydroxylation is 1. The molecule has 158 valence electrons. The third-order valence-corrected chi connectivity index (χ3v) is 6.35. The Labute approximate surface area is 178 Å². The Morgan fingerprint density at radius 1 is 0.828 bits per heavy atom. The molecule has 1 heterocycles. The Morgan fingerprint density at radius 2 is 1.45 bits per heavy atom. The van der Waals surface area contributed by atoms with E-state index in [0.717, 1.165) is 24.2 Å². The molecule has 1 unspecified atom stereocenters. The number of likely N-dealkylation sites (tertiary alicyclic amines) is 1. The zero-order valence-electron chi connectivity index (χ0n) is 19.5. The summed E-state index contributed by atoms with van der Waals surface area (Å²) in [5, 5.41) is 11.5. The van der Waals surface area contributed by atoms with Crippen LogP contribution >= 0.6 is 0 Å². The third-order valence-electron chi connectivity index (χ3n) is 6.35. The van der Waals surface area contributed by atoms with E-state index in [1.54, 1.807) is 0 Å². The number of rotatable bonds is 3. The molecule has 2 heteroatoms. The molecule has 0 aliphatic carbocycles. The van der Waals surface area contributed by atoms with Gasteiger partial charge in [0.15, 0.2) is 0 Å². The Kier molecular flexibility index (Phi) is 6.15. The minimum atomic E-state index is -0.113. The van der Waals surface area contributed by atoms with Crippen molar-refractivity contribution in [2.45, 2.75) is 84.6 Å². The van der Waals surface area contributed by atoms with Crippen LogP contribution in [-0.4, -0.2) is 23.1 Å². The largest absolute Gasteiger partial charge is 0.507 e. The topological polar surface area (TPSA) is 23.5 Å². The first kappa shape index (κ1) is 21.9. The molecular weight excluding hydrogens is 354 g/mol. The van der Waals surface area contributed by atoms with Gasteiger partial charge in [-0.2, -0.15) is 0 Å². The predicted octanol–water partition coefficient (Wildman–Crippen LogP) is 6.87. The minimum absolute atomic E-state index is 0.0284. The first-order valence-electron chi connectivity index (χ1n) is 11.2. The number of aromatic hydroxyl groups is 1. The van der Waals surface area contributed by atoms with Crippen molar-refractivity contribution in [1.29, 1.82) is 0 Å². The Balaban J connectivity index is 2.28. The fourth-order valence-electron chi connectivity index (χ4n) is 4.50. The lowest BCUT2D eigenvalue weighted by atomic mass is 9.77. The molecule has 2 aromatic rings. The van der Waals surface area contributed by atoms with Crippen molar-refractivity contribution in [3.05, 3.63) is 64.2 Å². The molecular formula is C27H39NO. The van der Waals surface area contributed by atoms with Crippen molar-refractivity contribution in [2.24, 2.45) is 0 Å². The van der Waals surface area contributed by atoms with Gasteiger partial charge in [0, 0.05) is 5.56 Å². The molecule has 0 radical (unpaired) electrons. The lowest BCUT2D eigenvalue weighted by Gasteiger charge is -2.38. The normalized spacial score (nSPS) is 17.3. The standard InChI is InChI=1S/C27H39NO/c1-19-13-9-10-14-21(19)24(28-15-11-8-12-16-28)22-17-20(26(2,3)4)18-23(25(22)29)27(5,6)7/h9-10,13-14,17-18,24,29H,8,11-12,15-16H2,1-7H3. The van der Waals surface area contributed by atoms with E-state index in [-0.39, 0.29) is 16.9 Å². The number of hydrogen-bond donors (Lipinski definition) is 1. The highest BCUT2D eigenvalue weighted by Gasteiger charge is 2.32. The molecule has 0 bridgehead atoms. The monoisotopic (exact) mass is 393 g/mol. The van der Waals surface area contributed by atoms with Crippen molar-refractivity contribution in [1.82, 2.24) is 4.90 Å². The number of phenolic OH excluding ortho intramolecular Hbond substituents is 1. The molecule has 1 aliphatic heterocycles. The molecule has 0 aromatic heterocycles. The second kappa shape index (κ2) is 8.14. The third kappa shape index (κ3) is 4.69. The highest BCUT2D eigenvalue weighted by molar-refractivity contribution is 5.53. The molecule has 0 saturated carbocycles. The number of nitrogens with zero attached hydrogens (tertiary/aromatic N) is 1. The van der Waals surface area contributed by atoms with E-state index in [0.29, 0.717) is 5.75 Å². The second-order valence-electron chi connectivity index (χ2n) is 10.8. The molecule has 1 fully saturated rings. The van der Waals surface area contributed by atoms with Crippen LogP contribution in [0.2, 0.25) is 0 Å². The van der Waals surface area contributed by atoms with Crippen LogP contribution in [0.3, 0.4) is 0 Å². The number of piperidine rings is 1. The van der Waals surface area contributed by atoms with E-state index in [9.17, 15) is 5.11 Å². The highest BCUT2D eigenvalue weighted by Crippen LogP contribution is 2.44. The average molecular weight is 394 g/mol. The SMILES string of the molecule is Cc1ccccc1C(c1cc(C(C)(C)C)cc(C(C)(C)C)c1O)N1CCCCC1. The number of phenols is 1. The quantitative estimate of drug-likeness (QED) is 0.615. The van der Waals surface area contributed by atoms with Crippen LogP contribution in [0.1, 0.15) is 94.7 Å². The van der Waals surface area contributed by atoms with Crippen molar-refractivity contribution >= 4 is 0 Å². The van der Waals surface area contributed by atoms with Crippen molar-refractivity contribution in [3.8, 4) is 5.75 Å². The van der Waals surface area contributed by atoms with Crippen molar-refractivity contribution in [2.75, 3.05) is 13.1 Å². The average Bonchev–Trinajstić information content (AvgIpc) is 2.64. The summed E-state index contributed by atoms with van der Waals surface area (Å²) < 4.78 is 0. The maximum Gasteiger partial charge on any atom is 0.124 e. The summed E-state index contributed by atoms with van der Waals surface area (Å²) in [6.45, 7) is 17.7. The second-order valence-corrected chi connectivity index (χ2v) is 10.8. The summed E-state index contributed by atoms with van der Waals surface area (Å²) in [6.07, 6.45) is 3.76. The Morgan fingerprint density at radius 3 is 2.00 bits per heavy atom. The fraction of sp³-hybridized carbons (Fsp3) is 0.556. The lowest BCUT2D eigenvalue weighted by Crippen LogP contribution is -2.35. The molecule has 1 atom stereocenters. The van der Waals surface area contributed by atoms with Crippen LogP contribution in [0.4, 0.5) is 0 Å². The summed E-state index contributed by atoms with van der Waals surface area (Å²) in [7, 11) is 0. The van der Waals surface area contributed by atoms with Crippen LogP contribution in [-0.2, 0) is 10.8 Å². The van der Waals surface area contributed by atoms with Gasteiger partial charge in [0.05, 0.1) is 6.04 Å². The van der Waals surface area contributed by atoms with Crippen LogP contribution in [0, 0.1) is 6.92 Å². The van der Waals surface area contributed by atoms with Gasteiger partial charge in [0.2, 0.25) is 0 Å². The van der Waals surface area contributed by atoms with E-state index < -0.39 is 0 Å². The van der Waals surface area contributed by atoms with Crippen LogP contribution < -0.4 is 0 Å². The summed E-state index contributed by atoms with van der Waals surface area (Å²) in [5.41, 5.74) is 5.94. The fourth-order valence-corrected chi connectivity index (χ4v) is 4.50. The van der Waals surface area contributed by atoms with Gasteiger partial charge in [-0.25, -0.2) is 0 Å². The van der Waals surface area contributed by atoms with Gasteiger partial charge in [-0.15, -0.1) is 0 Å². The van der Waals surface area contributed by atoms with E-state index in [4.69, 9.17) is 0 Å². The summed E-state index contributed by atoms with van der Waals surface area (Å²) in [5.74, 6) is 0.476. The first-order chi connectivity index (χ1) is 13.5. The molecule has 0 spiro atoms. The van der Waals surface area contributed by atoms with Gasteiger partial charge in [0.25, 0.3) is 0 Å². The van der Waals surface area contributed by atoms with Gasteiger partial charge < -0.3 is 5.11 Å². The molecule has 0 amide bonds. The van der Waals surface area contributed by atoms with E-state index in [1.807, 2.05) is 0 Å². The maximum absolute atomic E-state index is 11.5. The number of hydrogen-bond acceptors (Lipinski definition) is 2. The van der Waals surface area contributed by atoms with Gasteiger partial charge in [-0.05, 0) is 72.0 Å². The summed E-state index contributed by atoms with van der Waals surface area (Å²) >= 11 is 0. The molecule has 2 nitrogen and oxygen atoms in total. The molecule has 1 N–H and O–H groups in total. The van der Waals surface area contributed by atoms with Gasteiger partial charge in [0.1, 0.15) is 5.75 Å². The minimum Gasteiger partial charge on any atom is -0.507 e. The van der Waals surface area contributed by atoms with E-state index >= 15 is 0 Å². The van der Waals surface area contributed by atoms with Gasteiger partial charge in [-0.3, -0.25) is 4.90 Å². The lowest BCUT2D eigenvalue weighted by molar-refractivity contribution is 0.184. The smallest absolute Gasteiger partial charge is 0.124 e. The van der Waals surface area contributed by atoms with Crippen LogP contribution in [0.25, 0.3) is 0 Å². The van der Waals surface area contributed by atoms with Crippen molar-refractivity contribution < 1.29 is 5.11 Å². The summed E-state index contributed by atoms with van der Waals surface area (Å²) in [4.78, 5) is 2.58. The zero-order valence-corrected chi connectivity index (χ0v) is 19.5. The Hall–Kier alpha value is -1.80. The van der Waals surface area contributed by atoms with E-state index in [2.05, 4.69) is 89.8 Å². The molecule has 1 saturated heterocycles.